The highest BCUT2D eigenvalue weighted by Crippen LogP contribution is 2.18. The molecule has 4 rings (SSSR count). The van der Waals surface area contributed by atoms with Gasteiger partial charge in [-0.25, -0.2) is 0 Å². The number of benzene rings is 2. The monoisotopic (exact) mass is 405 g/mol. The van der Waals surface area contributed by atoms with Crippen LogP contribution in [0.25, 0.3) is 11.5 Å². The minimum atomic E-state index is 0.0359. The first-order valence-electron chi connectivity index (χ1n) is 10.4. The SMILES string of the molecule is CCc1ccccc1NC(=O)CN1CCN(Cc2nnc(-c3ccccc3)o2)CC1. The fourth-order valence-electron chi connectivity index (χ4n) is 3.66. The Balaban J connectivity index is 1.24. The van der Waals surface area contributed by atoms with Gasteiger partial charge >= 0.3 is 0 Å². The van der Waals surface area contributed by atoms with Crippen molar-refractivity contribution in [3.8, 4) is 11.5 Å². The molecule has 156 valence electrons. The summed E-state index contributed by atoms with van der Waals surface area (Å²) in [6.45, 7) is 6.53. The number of carbonyl (C=O) groups is 1. The Morgan fingerprint density at radius 3 is 2.43 bits per heavy atom. The van der Waals surface area contributed by atoms with Gasteiger partial charge in [0, 0.05) is 37.4 Å². The quantitative estimate of drug-likeness (QED) is 0.651. The lowest BCUT2D eigenvalue weighted by atomic mass is 10.1. The predicted molar refractivity (Wildman–Crippen MR) is 116 cm³/mol. The molecular formula is C23H27N5O2. The van der Waals surface area contributed by atoms with Gasteiger partial charge in [0.25, 0.3) is 0 Å². The van der Waals surface area contributed by atoms with E-state index in [1.54, 1.807) is 0 Å². The largest absolute Gasteiger partial charge is 0.419 e. The molecule has 0 saturated carbocycles. The molecule has 3 aromatic rings. The summed E-state index contributed by atoms with van der Waals surface area (Å²) in [6, 6.07) is 17.8. The van der Waals surface area contributed by atoms with Crippen molar-refractivity contribution in [2.75, 3.05) is 38.0 Å². The van der Waals surface area contributed by atoms with Crippen LogP contribution < -0.4 is 5.32 Å². The lowest BCUT2D eigenvalue weighted by Gasteiger charge is -2.33. The molecule has 1 saturated heterocycles. The highest BCUT2D eigenvalue weighted by atomic mass is 16.4. The number of amides is 1. The molecule has 1 aromatic heterocycles. The molecule has 1 N–H and O–H groups in total. The predicted octanol–water partition coefficient (Wildman–Crippen LogP) is 3.06. The average Bonchev–Trinajstić information content (AvgIpc) is 3.24. The number of aromatic nitrogens is 2. The van der Waals surface area contributed by atoms with Gasteiger partial charge in [-0.05, 0) is 30.2 Å². The summed E-state index contributed by atoms with van der Waals surface area (Å²) >= 11 is 0. The Morgan fingerprint density at radius 1 is 0.967 bits per heavy atom. The van der Waals surface area contributed by atoms with Crippen LogP contribution in [-0.4, -0.2) is 58.6 Å². The van der Waals surface area contributed by atoms with Crippen LogP contribution >= 0.6 is 0 Å². The maximum Gasteiger partial charge on any atom is 0.247 e. The van der Waals surface area contributed by atoms with Crippen molar-refractivity contribution in [1.29, 1.82) is 0 Å². The molecule has 0 aliphatic carbocycles. The fourth-order valence-corrected chi connectivity index (χ4v) is 3.66. The van der Waals surface area contributed by atoms with Crippen LogP contribution in [0.15, 0.2) is 59.0 Å². The van der Waals surface area contributed by atoms with Crippen molar-refractivity contribution < 1.29 is 9.21 Å². The summed E-state index contributed by atoms with van der Waals surface area (Å²) < 4.78 is 5.81. The van der Waals surface area contributed by atoms with Crippen molar-refractivity contribution in [3.05, 3.63) is 66.1 Å². The van der Waals surface area contributed by atoms with Gasteiger partial charge in [-0.1, -0.05) is 43.3 Å². The van der Waals surface area contributed by atoms with E-state index in [4.69, 9.17) is 4.42 Å². The lowest BCUT2D eigenvalue weighted by molar-refractivity contribution is -0.117. The van der Waals surface area contributed by atoms with E-state index in [9.17, 15) is 4.79 Å². The first kappa shape index (κ1) is 20.3. The Bertz CT molecular complexity index is 964. The van der Waals surface area contributed by atoms with E-state index in [0.29, 0.717) is 24.9 Å². The highest BCUT2D eigenvalue weighted by molar-refractivity contribution is 5.93. The lowest BCUT2D eigenvalue weighted by Crippen LogP contribution is -2.48. The third-order valence-electron chi connectivity index (χ3n) is 5.35. The van der Waals surface area contributed by atoms with Crippen molar-refractivity contribution in [2.24, 2.45) is 0 Å². The Kier molecular flexibility index (Phi) is 6.51. The second kappa shape index (κ2) is 9.65. The maximum atomic E-state index is 12.5. The number of carbonyl (C=O) groups excluding carboxylic acids is 1. The first-order valence-corrected chi connectivity index (χ1v) is 10.4. The van der Waals surface area contributed by atoms with E-state index in [1.807, 2.05) is 48.5 Å². The summed E-state index contributed by atoms with van der Waals surface area (Å²) in [5, 5.41) is 11.4. The van der Waals surface area contributed by atoms with Gasteiger partial charge in [0.2, 0.25) is 17.7 Å². The first-order chi connectivity index (χ1) is 14.7. The van der Waals surface area contributed by atoms with Crippen molar-refractivity contribution >= 4 is 11.6 Å². The van der Waals surface area contributed by atoms with Crippen LogP contribution in [0.4, 0.5) is 5.69 Å². The number of para-hydroxylation sites is 1. The van der Waals surface area contributed by atoms with Gasteiger partial charge in [-0.15, -0.1) is 10.2 Å². The van der Waals surface area contributed by atoms with Crippen molar-refractivity contribution in [3.63, 3.8) is 0 Å². The molecule has 7 heteroatoms. The number of nitrogens with one attached hydrogen (secondary N) is 1. The number of anilines is 1. The Labute approximate surface area is 176 Å². The van der Waals surface area contributed by atoms with Gasteiger partial charge in [0.1, 0.15) is 0 Å². The molecule has 0 bridgehead atoms. The van der Waals surface area contributed by atoms with E-state index in [2.05, 4.69) is 38.3 Å². The minimum Gasteiger partial charge on any atom is -0.419 e. The van der Waals surface area contributed by atoms with Gasteiger partial charge in [0.15, 0.2) is 0 Å². The second-order valence-corrected chi connectivity index (χ2v) is 7.48. The number of piperazine rings is 1. The molecule has 0 atom stereocenters. The summed E-state index contributed by atoms with van der Waals surface area (Å²) in [4.78, 5) is 16.9. The van der Waals surface area contributed by atoms with Crippen molar-refractivity contribution in [2.45, 2.75) is 19.9 Å². The number of aryl methyl sites for hydroxylation is 1. The van der Waals surface area contributed by atoms with Gasteiger partial charge in [-0.2, -0.15) is 0 Å². The molecule has 2 heterocycles. The third-order valence-corrected chi connectivity index (χ3v) is 5.35. The molecule has 7 nitrogen and oxygen atoms in total. The smallest absolute Gasteiger partial charge is 0.247 e. The van der Waals surface area contributed by atoms with Crippen LogP contribution in [0, 0.1) is 0 Å². The molecule has 1 aliphatic heterocycles. The third kappa shape index (κ3) is 5.11. The molecular weight excluding hydrogens is 378 g/mol. The van der Waals surface area contributed by atoms with Gasteiger partial charge in [-0.3, -0.25) is 14.6 Å². The zero-order chi connectivity index (χ0) is 20.8. The zero-order valence-electron chi connectivity index (χ0n) is 17.3. The highest BCUT2D eigenvalue weighted by Gasteiger charge is 2.21. The second-order valence-electron chi connectivity index (χ2n) is 7.48. The normalized spacial score (nSPS) is 15.2. The minimum absolute atomic E-state index is 0.0359. The molecule has 1 aliphatic rings. The van der Waals surface area contributed by atoms with E-state index in [-0.39, 0.29) is 5.91 Å². The molecule has 1 amide bonds. The Morgan fingerprint density at radius 2 is 1.67 bits per heavy atom. The molecule has 2 aromatic carbocycles. The summed E-state index contributed by atoms with van der Waals surface area (Å²) in [6.07, 6.45) is 0.900. The van der Waals surface area contributed by atoms with Crippen LogP contribution in [0.5, 0.6) is 0 Å². The number of hydrogen-bond donors (Lipinski definition) is 1. The standard InChI is InChI=1S/C23H27N5O2/c1-2-18-8-6-7-11-20(18)24-21(29)16-27-12-14-28(15-13-27)17-22-25-26-23(30-22)19-9-4-3-5-10-19/h3-11H,2,12-17H2,1H3,(H,24,29). The fraction of sp³-hybridized carbons (Fsp3) is 0.348. The van der Waals surface area contributed by atoms with E-state index < -0.39 is 0 Å². The van der Waals surface area contributed by atoms with Crippen LogP contribution in [0.2, 0.25) is 0 Å². The molecule has 30 heavy (non-hydrogen) atoms. The summed E-state index contributed by atoms with van der Waals surface area (Å²) in [5.41, 5.74) is 3.00. The zero-order valence-corrected chi connectivity index (χ0v) is 17.3. The molecule has 0 unspecified atom stereocenters. The summed E-state index contributed by atoms with van der Waals surface area (Å²) in [7, 11) is 0. The van der Waals surface area contributed by atoms with Crippen LogP contribution in [0.1, 0.15) is 18.4 Å². The average molecular weight is 406 g/mol. The Hall–Kier alpha value is -3.03. The maximum absolute atomic E-state index is 12.5. The number of hydrogen-bond acceptors (Lipinski definition) is 6. The van der Waals surface area contributed by atoms with E-state index in [1.165, 1.54) is 0 Å². The van der Waals surface area contributed by atoms with E-state index >= 15 is 0 Å². The van der Waals surface area contributed by atoms with Crippen LogP contribution in [-0.2, 0) is 17.8 Å². The van der Waals surface area contributed by atoms with Crippen LogP contribution in [0.3, 0.4) is 0 Å². The number of nitrogens with zero attached hydrogens (tertiary/aromatic N) is 4. The molecule has 1 fully saturated rings. The van der Waals surface area contributed by atoms with Crippen molar-refractivity contribution in [1.82, 2.24) is 20.0 Å². The summed E-state index contributed by atoms with van der Waals surface area (Å²) in [5.74, 6) is 1.21. The molecule has 0 spiro atoms. The topological polar surface area (TPSA) is 74.5 Å². The number of rotatable bonds is 7. The van der Waals surface area contributed by atoms with Gasteiger partial charge < -0.3 is 9.73 Å². The van der Waals surface area contributed by atoms with E-state index in [0.717, 1.165) is 49.4 Å². The van der Waals surface area contributed by atoms with Gasteiger partial charge in [0.05, 0.1) is 13.1 Å². The molecule has 0 radical (unpaired) electrons.